The van der Waals surface area contributed by atoms with Crippen LogP contribution < -0.4 is 0 Å². The van der Waals surface area contributed by atoms with Gasteiger partial charge >= 0.3 is 0 Å². The number of ketones is 1. The number of halogens is 1. The maximum absolute atomic E-state index is 12.7. The molecular formula is C38H65IO. The van der Waals surface area contributed by atoms with Crippen molar-refractivity contribution in [3.05, 3.63) is 60.8 Å². The van der Waals surface area contributed by atoms with Gasteiger partial charge in [-0.05, 0) is 83.0 Å². The maximum atomic E-state index is 12.7. The van der Waals surface area contributed by atoms with Crippen LogP contribution in [0.2, 0.25) is 0 Å². The molecule has 2 unspecified atom stereocenters. The molecule has 0 aromatic heterocycles. The van der Waals surface area contributed by atoms with Crippen molar-refractivity contribution in [2.45, 2.75) is 166 Å². The molecule has 230 valence electrons. The Balaban J connectivity index is 4.13. The van der Waals surface area contributed by atoms with Gasteiger partial charge in [-0.2, -0.15) is 0 Å². The highest BCUT2D eigenvalue weighted by Gasteiger charge is 2.14. The molecule has 0 bridgehead atoms. The van der Waals surface area contributed by atoms with Crippen molar-refractivity contribution in [1.82, 2.24) is 0 Å². The zero-order chi connectivity index (χ0) is 29.4. The Labute approximate surface area is 264 Å². The van der Waals surface area contributed by atoms with E-state index in [9.17, 15) is 4.79 Å². The van der Waals surface area contributed by atoms with Crippen molar-refractivity contribution < 1.29 is 4.79 Å². The minimum Gasteiger partial charge on any atom is -0.300 e. The van der Waals surface area contributed by atoms with E-state index in [-0.39, 0.29) is 0 Å². The first-order chi connectivity index (χ1) is 19.6. The fourth-order valence-electron chi connectivity index (χ4n) is 4.94. The molecule has 2 heteroatoms. The highest BCUT2D eigenvalue weighted by Crippen LogP contribution is 2.23. The van der Waals surface area contributed by atoms with E-state index in [0.29, 0.717) is 15.6 Å². The Morgan fingerprint density at radius 2 is 1.05 bits per heavy atom. The van der Waals surface area contributed by atoms with Gasteiger partial charge in [-0.3, -0.25) is 4.79 Å². The molecule has 0 fully saturated rings. The van der Waals surface area contributed by atoms with E-state index in [4.69, 9.17) is 0 Å². The molecule has 0 aromatic rings. The average Bonchev–Trinajstić information content (AvgIpc) is 2.93. The van der Waals surface area contributed by atoms with Crippen LogP contribution in [0.5, 0.6) is 0 Å². The summed E-state index contributed by atoms with van der Waals surface area (Å²) in [5.41, 5.74) is 0. The van der Waals surface area contributed by atoms with Crippen LogP contribution in [0.4, 0.5) is 0 Å². The Morgan fingerprint density at radius 3 is 1.52 bits per heavy atom. The van der Waals surface area contributed by atoms with Crippen molar-refractivity contribution in [3.8, 4) is 0 Å². The first-order valence-corrected chi connectivity index (χ1v) is 18.2. The van der Waals surface area contributed by atoms with E-state index < -0.39 is 0 Å². The van der Waals surface area contributed by atoms with Gasteiger partial charge in [-0.25, -0.2) is 0 Å². The van der Waals surface area contributed by atoms with Crippen LogP contribution in [0.15, 0.2) is 60.8 Å². The first kappa shape index (κ1) is 39.1. The summed E-state index contributed by atoms with van der Waals surface area (Å²) in [5, 5.41) is 0. The summed E-state index contributed by atoms with van der Waals surface area (Å²) in [5.74, 6) is 1.11. The van der Waals surface area contributed by atoms with E-state index in [1.165, 1.54) is 89.9 Å². The van der Waals surface area contributed by atoms with Crippen molar-refractivity contribution >= 4 is 28.4 Å². The van der Waals surface area contributed by atoms with Crippen LogP contribution in [0.25, 0.3) is 0 Å². The fourth-order valence-corrected chi connectivity index (χ4v) is 5.38. The number of rotatable bonds is 29. The summed E-state index contributed by atoms with van der Waals surface area (Å²) < 4.78 is 0.672. The highest BCUT2D eigenvalue weighted by atomic mass is 127. The third-order valence-electron chi connectivity index (χ3n) is 7.40. The van der Waals surface area contributed by atoms with Crippen molar-refractivity contribution in [3.63, 3.8) is 0 Å². The Hall–Kier alpha value is -0.900. The quantitative estimate of drug-likeness (QED) is 0.0337. The lowest BCUT2D eigenvalue weighted by Gasteiger charge is -2.16. The molecule has 0 saturated heterocycles. The van der Waals surface area contributed by atoms with E-state index in [0.717, 1.165) is 51.4 Å². The molecule has 0 aliphatic heterocycles. The number of carbonyl (C=O) groups is 1. The molecule has 0 rings (SSSR count). The molecule has 0 amide bonds. The largest absolute Gasteiger partial charge is 0.300 e. The second kappa shape index (κ2) is 32.6. The minimum atomic E-state index is 0.507. The van der Waals surface area contributed by atoms with Gasteiger partial charge in [-0.1, -0.05) is 155 Å². The molecule has 0 heterocycles. The summed E-state index contributed by atoms with van der Waals surface area (Å²) in [4.78, 5) is 12.7. The van der Waals surface area contributed by atoms with Crippen molar-refractivity contribution in [2.24, 2.45) is 5.92 Å². The third kappa shape index (κ3) is 31.6. The van der Waals surface area contributed by atoms with Crippen molar-refractivity contribution in [1.29, 1.82) is 0 Å². The monoisotopic (exact) mass is 664 g/mol. The lowest BCUT2D eigenvalue weighted by atomic mass is 9.89. The predicted octanol–water partition coefficient (Wildman–Crippen LogP) is 13.4. The fraction of sp³-hybridized carbons (Fsp3) is 0.711. The summed E-state index contributed by atoms with van der Waals surface area (Å²) >= 11 is 2.47. The van der Waals surface area contributed by atoms with E-state index in [1.54, 1.807) is 0 Å². The molecular weight excluding hydrogens is 599 g/mol. The second-order valence-corrected chi connectivity index (χ2v) is 13.7. The van der Waals surface area contributed by atoms with Gasteiger partial charge in [0.05, 0.1) is 0 Å². The molecule has 0 aromatic carbocycles. The summed E-state index contributed by atoms with van der Waals surface area (Å²) in [7, 11) is 0. The number of hydrogen-bond acceptors (Lipinski definition) is 1. The molecule has 0 aliphatic rings. The molecule has 0 saturated carbocycles. The molecule has 0 radical (unpaired) electrons. The Morgan fingerprint density at radius 1 is 0.575 bits per heavy atom. The van der Waals surface area contributed by atoms with Gasteiger partial charge in [0.25, 0.3) is 0 Å². The Bertz CT molecular complexity index is 682. The first-order valence-electron chi connectivity index (χ1n) is 17.0. The number of alkyl halides is 1. The molecule has 0 N–H and O–H groups in total. The van der Waals surface area contributed by atoms with E-state index in [2.05, 4.69) is 104 Å². The zero-order valence-corrected chi connectivity index (χ0v) is 28.9. The lowest BCUT2D eigenvalue weighted by Crippen LogP contribution is -2.09. The Kier molecular flexibility index (Phi) is 31.9. The standard InChI is InChI=1S/C38H65IO/c1-4-6-8-10-12-14-16-17-18-19-20-21-23-25-27-29-33-37(35-38(40)34-30-31-36(3)39)32-28-26-24-22-15-13-11-9-7-5-2/h7,9,12-15,17-18,20-21,36-37H,4-6,8,10-11,16,19,22-35H2,1-3H3/b9-7-,14-12-,15-13-,18-17-,21-20-. The maximum Gasteiger partial charge on any atom is 0.133 e. The summed E-state index contributed by atoms with van der Waals surface area (Å²) in [6, 6.07) is 0. The van der Waals surface area contributed by atoms with Crippen LogP contribution in [-0.4, -0.2) is 9.71 Å². The average molecular weight is 665 g/mol. The number of allylic oxidation sites excluding steroid dienone is 10. The van der Waals surface area contributed by atoms with Crippen LogP contribution >= 0.6 is 22.6 Å². The van der Waals surface area contributed by atoms with E-state index >= 15 is 0 Å². The normalized spacial score (nSPS) is 14.1. The number of Topliss-reactive ketones (excluding diaryl/α,β-unsaturated/α-hetero) is 1. The third-order valence-corrected chi connectivity index (χ3v) is 8.02. The summed E-state index contributed by atoms with van der Waals surface area (Å²) in [6.07, 6.45) is 48.9. The van der Waals surface area contributed by atoms with Gasteiger partial charge in [0.1, 0.15) is 5.78 Å². The predicted molar refractivity (Wildman–Crippen MR) is 191 cm³/mol. The van der Waals surface area contributed by atoms with Crippen LogP contribution in [0.1, 0.15) is 162 Å². The smallest absolute Gasteiger partial charge is 0.133 e. The number of hydrogen-bond donors (Lipinski definition) is 0. The molecule has 1 nitrogen and oxygen atoms in total. The zero-order valence-electron chi connectivity index (χ0n) is 26.8. The molecule has 0 spiro atoms. The van der Waals surface area contributed by atoms with Crippen molar-refractivity contribution in [2.75, 3.05) is 0 Å². The molecule has 0 aliphatic carbocycles. The highest BCUT2D eigenvalue weighted by molar-refractivity contribution is 14.1. The van der Waals surface area contributed by atoms with Crippen LogP contribution in [0.3, 0.4) is 0 Å². The number of carbonyl (C=O) groups excluding carboxylic acids is 1. The van der Waals surface area contributed by atoms with Crippen LogP contribution in [-0.2, 0) is 4.79 Å². The number of unbranched alkanes of at least 4 members (excludes halogenated alkanes) is 9. The lowest BCUT2D eigenvalue weighted by molar-refractivity contribution is -0.120. The SMILES string of the molecule is CC/C=C\C/C=C\CCCCCC(CCCCC/C=C\C/C=C\C/C=C\CCCCC)CC(=O)CCCC(C)I. The van der Waals surface area contributed by atoms with Gasteiger partial charge in [0, 0.05) is 16.8 Å². The molecule has 40 heavy (non-hydrogen) atoms. The minimum absolute atomic E-state index is 0.507. The summed E-state index contributed by atoms with van der Waals surface area (Å²) in [6.45, 7) is 6.68. The van der Waals surface area contributed by atoms with E-state index in [1.807, 2.05) is 0 Å². The van der Waals surface area contributed by atoms with Crippen LogP contribution in [0, 0.1) is 5.92 Å². The van der Waals surface area contributed by atoms with Gasteiger partial charge in [-0.15, -0.1) is 0 Å². The van der Waals surface area contributed by atoms with Gasteiger partial charge < -0.3 is 0 Å². The second-order valence-electron chi connectivity index (χ2n) is 11.5. The topological polar surface area (TPSA) is 17.1 Å². The van der Waals surface area contributed by atoms with Gasteiger partial charge in [0.15, 0.2) is 0 Å². The molecule has 2 atom stereocenters. The van der Waals surface area contributed by atoms with Gasteiger partial charge in [0.2, 0.25) is 0 Å².